The third-order valence-electron chi connectivity index (χ3n) is 4.40. The summed E-state index contributed by atoms with van der Waals surface area (Å²) < 4.78 is 15.3. The van der Waals surface area contributed by atoms with Crippen LogP contribution in [0.2, 0.25) is 0 Å². The molecule has 0 amide bonds. The molecule has 0 fully saturated rings. The van der Waals surface area contributed by atoms with Gasteiger partial charge in [0.15, 0.2) is 0 Å². The number of Topliss-reactive ketones (excluding diaryl/α,β-unsaturated/α-hetero) is 1. The van der Waals surface area contributed by atoms with Gasteiger partial charge in [0.25, 0.3) is 0 Å². The lowest BCUT2D eigenvalue weighted by Gasteiger charge is -2.36. The molecule has 1 aromatic rings. The normalized spacial score (nSPS) is 20.3. The molecule has 24 heavy (non-hydrogen) atoms. The van der Waals surface area contributed by atoms with Gasteiger partial charge in [-0.15, -0.1) is 0 Å². The van der Waals surface area contributed by atoms with E-state index in [2.05, 4.69) is 0 Å². The zero-order chi connectivity index (χ0) is 17.9. The van der Waals surface area contributed by atoms with Gasteiger partial charge in [0, 0.05) is 11.8 Å². The van der Waals surface area contributed by atoms with Crippen LogP contribution in [-0.4, -0.2) is 38.5 Å². The minimum atomic E-state index is -0.977. The second kappa shape index (κ2) is 7.47. The average molecular weight is 334 g/mol. The minimum Gasteiger partial charge on any atom is -0.493 e. The van der Waals surface area contributed by atoms with E-state index in [4.69, 9.17) is 14.2 Å². The highest BCUT2D eigenvalue weighted by molar-refractivity contribution is 5.99. The minimum absolute atomic E-state index is 0.0647. The fourth-order valence-electron chi connectivity index (χ4n) is 3.22. The lowest BCUT2D eigenvalue weighted by atomic mass is 9.72. The Labute approximate surface area is 141 Å². The van der Waals surface area contributed by atoms with E-state index in [-0.39, 0.29) is 24.7 Å². The summed E-state index contributed by atoms with van der Waals surface area (Å²) in [4.78, 5) is 36.1. The summed E-state index contributed by atoms with van der Waals surface area (Å²) in [6, 6.07) is 5.60. The molecule has 0 radical (unpaired) electrons. The van der Waals surface area contributed by atoms with Gasteiger partial charge in [-0.25, -0.2) is 0 Å². The van der Waals surface area contributed by atoms with Crippen LogP contribution in [0.1, 0.15) is 30.4 Å². The first-order valence-electron chi connectivity index (χ1n) is 7.77. The number of methoxy groups -OCH3 is 2. The fourth-order valence-corrected chi connectivity index (χ4v) is 3.22. The summed E-state index contributed by atoms with van der Waals surface area (Å²) in [6.45, 7) is 3.53. The Kier molecular flexibility index (Phi) is 5.59. The number of ether oxygens (including phenoxy) is 3. The molecule has 0 spiro atoms. The monoisotopic (exact) mass is 334 g/mol. The molecule has 0 saturated heterocycles. The highest BCUT2D eigenvalue weighted by Crippen LogP contribution is 2.44. The Balaban J connectivity index is 2.50. The Hall–Kier alpha value is -2.37. The van der Waals surface area contributed by atoms with Crippen LogP contribution in [0.5, 0.6) is 5.75 Å². The van der Waals surface area contributed by atoms with Gasteiger partial charge in [-0.2, -0.15) is 0 Å². The fraction of sp³-hybridized carbons (Fsp3) is 0.500. The smallest absolute Gasteiger partial charge is 0.316 e. The van der Waals surface area contributed by atoms with Crippen LogP contribution in [0, 0.1) is 18.8 Å². The maximum atomic E-state index is 12.2. The number of hydrogen-bond donors (Lipinski definition) is 0. The van der Waals surface area contributed by atoms with Crippen molar-refractivity contribution in [1.29, 1.82) is 0 Å². The van der Waals surface area contributed by atoms with Crippen molar-refractivity contribution < 1.29 is 28.6 Å². The van der Waals surface area contributed by atoms with Crippen LogP contribution < -0.4 is 4.74 Å². The topological polar surface area (TPSA) is 78.9 Å². The van der Waals surface area contributed by atoms with Gasteiger partial charge in [0.1, 0.15) is 17.5 Å². The highest BCUT2D eigenvalue weighted by atomic mass is 16.5. The number of esters is 2. The molecule has 6 heteroatoms. The van der Waals surface area contributed by atoms with E-state index in [0.29, 0.717) is 5.75 Å². The molecule has 1 aliphatic heterocycles. The number of carbonyl (C=O) groups excluding carboxylic acids is 3. The summed E-state index contributed by atoms with van der Waals surface area (Å²) in [5, 5.41) is 0. The van der Waals surface area contributed by atoms with Gasteiger partial charge in [-0.05, 0) is 31.0 Å². The predicted octanol–water partition coefficient (Wildman–Crippen LogP) is 2.03. The first-order chi connectivity index (χ1) is 11.4. The molecular formula is C18H22O6. The molecule has 0 bridgehead atoms. The molecule has 3 atom stereocenters. The van der Waals surface area contributed by atoms with Gasteiger partial charge >= 0.3 is 11.9 Å². The van der Waals surface area contributed by atoms with E-state index in [1.807, 2.05) is 25.1 Å². The number of carbonyl (C=O) groups is 3. The van der Waals surface area contributed by atoms with E-state index in [9.17, 15) is 14.4 Å². The van der Waals surface area contributed by atoms with Gasteiger partial charge in [-0.1, -0.05) is 12.1 Å². The van der Waals surface area contributed by atoms with Crippen molar-refractivity contribution in [3.63, 3.8) is 0 Å². The number of aryl methyl sites for hydroxylation is 1. The van der Waals surface area contributed by atoms with E-state index >= 15 is 0 Å². The number of ketones is 1. The van der Waals surface area contributed by atoms with Crippen molar-refractivity contribution >= 4 is 17.7 Å². The maximum absolute atomic E-state index is 12.2. The first kappa shape index (κ1) is 18.0. The molecule has 0 aliphatic carbocycles. The van der Waals surface area contributed by atoms with Crippen molar-refractivity contribution in [1.82, 2.24) is 0 Å². The quantitative estimate of drug-likeness (QED) is 0.605. The zero-order valence-electron chi connectivity index (χ0n) is 14.3. The molecule has 2 rings (SSSR count). The third kappa shape index (κ3) is 3.58. The summed E-state index contributed by atoms with van der Waals surface area (Å²) in [6.07, 6.45) is 0.0647. The van der Waals surface area contributed by atoms with Gasteiger partial charge in [-0.3, -0.25) is 14.4 Å². The van der Waals surface area contributed by atoms with Crippen LogP contribution in [0.4, 0.5) is 0 Å². The summed E-state index contributed by atoms with van der Waals surface area (Å²) in [5.74, 6) is -2.48. The second-order valence-corrected chi connectivity index (χ2v) is 6.03. The van der Waals surface area contributed by atoms with E-state index in [0.717, 1.165) is 11.1 Å². The zero-order valence-corrected chi connectivity index (χ0v) is 14.3. The van der Waals surface area contributed by atoms with Crippen LogP contribution in [0.15, 0.2) is 18.2 Å². The van der Waals surface area contributed by atoms with Gasteiger partial charge in [0.2, 0.25) is 0 Å². The van der Waals surface area contributed by atoms with Crippen molar-refractivity contribution in [2.45, 2.75) is 26.2 Å². The molecule has 1 aliphatic rings. The number of hydrogen-bond acceptors (Lipinski definition) is 6. The average Bonchev–Trinajstić information content (AvgIpc) is 2.55. The molecule has 3 unspecified atom stereocenters. The third-order valence-corrected chi connectivity index (χ3v) is 4.40. The maximum Gasteiger partial charge on any atom is 0.316 e. The van der Waals surface area contributed by atoms with Crippen LogP contribution in [-0.2, 0) is 23.9 Å². The van der Waals surface area contributed by atoms with Crippen molar-refractivity contribution in [2.75, 3.05) is 20.8 Å². The van der Waals surface area contributed by atoms with E-state index < -0.39 is 23.8 Å². The lowest BCUT2D eigenvalue weighted by molar-refractivity contribution is -0.152. The van der Waals surface area contributed by atoms with Crippen molar-refractivity contribution in [3.05, 3.63) is 29.3 Å². The first-order valence-corrected chi connectivity index (χ1v) is 7.77. The lowest BCUT2D eigenvalue weighted by Crippen LogP contribution is -2.39. The Morgan fingerprint density at radius 2 is 1.96 bits per heavy atom. The van der Waals surface area contributed by atoms with Crippen molar-refractivity contribution in [2.24, 2.45) is 11.8 Å². The van der Waals surface area contributed by atoms with Crippen LogP contribution in [0.25, 0.3) is 0 Å². The molecule has 130 valence electrons. The summed E-state index contributed by atoms with van der Waals surface area (Å²) >= 11 is 0. The predicted molar refractivity (Wildman–Crippen MR) is 85.7 cm³/mol. The molecule has 1 aromatic carbocycles. The van der Waals surface area contributed by atoms with Gasteiger partial charge < -0.3 is 14.2 Å². The standard InChI is InChI=1S/C18H22O6/c1-10-5-6-13-14(7-10)24-9-12(8-15(20)22-3)17(13)16(11(2)19)18(21)23-4/h5-7,12,16-17H,8-9H2,1-4H3. The number of rotatable bonds is 5. The molecule has 0 saturated carbocycles. The highest BCUT2D eigenvalue weighted by Gasteiger charge is 2.43. The Bertz CT molecular complexity index is 651. The summed E-state index contributed by atoms with van der Waals surface area (Å²) in [5.41, 5.74) is 1.75. The molecule has 6 nitrogen and oxygen atoms in total. The Morgan fingerprint density at radius 1 is 1.25 bits per heavy atom. The number of fused-ring (bicyclic) bond motifs is 1. The number of benzene rings is 1. The second-order valence-electron chi connectivity index (χ2n) is 6.03. The van der Waals surface area contributed by atoms with E-state index in [1.165, 1.54) is 21.1 Å². The summed E-state index contributed by atoms with van der Waals surface area (Å²) in [7, 11) is 2.56. The van der Waals surface area contributed by atoms with Crippen LogP contribution >= 0.6 is 0 Å². The van der Waals surface area contributed by atoms with Crippen molar-refractivity contribution in [3.8, 4) is 5.75 Å². The molecule has 1 heterocycles. The molecule has 0 aromatic heterocycles. The Morgan fingerprint density at radius 3 is 2.54 bits per heavy atom. The molecule has 0 N–H and O–H groups in total. The molecular weight excluding hydrogens is 312 g/mol. The van der Waals surface area contributed by atoms with Crippen LogP contribution in [0.3, 0.4) is 0 Å². The largest absolute Gasteiger partial charge is 0.493 e. The van der Waals surface area contributed by atoms with E-state index in [1.54, 1.807) is 0 Å². The SMILES string of the molecule is COC(=O)CC1COc2cc(C)ccc2C1C(C(C)=O)C(=O)OC. The van der Waals surface area contributed by atoms with Gasteiger partial charge in [0.05, 0.1) is 27.2 Å².